The molecule has 2 fully saturated rings. The zero-order valence-corrected chi connectivity index (χ0v) is 16.7. The van der Waals surface area contributed by atoms with Crippen molar-refractivity contribution in [3.63, 3.8) is 0 Å². The number of benzene rings is 1. The van der Waals surface area contributed by atoms with E-state index in [4.69, 9.17) is 0 Å². The van der Waals surface area contributed by atoms with Gasteiger partial charge in [0.15, 0.2) is 0 Å². The lowest BCUT2D eigenvalue weighted by atomic mass is 10.1. The number of nitrogens with one attached hydrogen (secondary N) is 1. The molecule has 2 aliphatic rings. The zero-order valence-electron chi connectivity index (χ0n) is 16.7. The minimum Gasteiger partial charge on any atom is -0.342 e. The Kier molecular flexibility index (Phi) is 5.49. The number of rotatable bonds is 6. The maximum atomic E-state index is 13.2. The molecule has 1 saturated carbocycles. The van der Waals surface area contributed by atoms with Gasteiger partial charge in [-0.25, -0.2) is 9.07 Å². The van der Waals surface area contributed by atoms with Gasteiger partial charge in [-0.1, -0.05) is 0 Å². The quantitative estimate of drug-likeness (QED) is 0.829. The molecule has 0 spiro atoms. The van der Waals surface area contributed by atoms with Crippen LogP contribution < -0.4 is 5.32 Å². The van der Waals surface area contributed by atoms with Crippen LogP contribution in [0, 0.1) is 25.6 Å². The van der Waals surface area contributed by atoms with Crippen molar-refractivity contribution in [3.05, 3.63) is 47.0 Å². The average molecular weight is 384 g/mol. The zero-order chi connectivity index (χ0) is 19.7. The number of nitrogens with zero attached hydrogens (tertiary/aromatic N) is 3. The number of amides is 1. The number of aromatic nitrogens is 2. The molecule has 5 nitrogen and oxygen atoms in total. The van der Waals surface area contributed by atoms with E-state index in [0.717, 1.165) is 55.5 Å². The molecule has 4 rings (SSSR count). The Balaban J connectivity index is 1.39. The molecule has 1 aromatic heterocycles. The van der Waals surface area contributed by atoms with Crippen LogP contribution in [0.5, 0.6) is 0 Å². The number of halogens is 1. The van der Waals surface area contributed by atoms with E-state index < -0.39 is 0 Å². The van der Waals surface area contributed by atoms with E-state index in [1.54, 1.807) is 12.1 Å². The molecule has 1 atom stereocenters. The van der Waals surface area contributed by atoms with Crippen molar-refractivity contribution in [2.45, 2.75) is 58.5 Å². The molecule has 1 N–H and O–H groups in total. The van der Waals surface area contributed by atoms with E-state index in [9.17, 15) is 9.18 Å². The fourth-order valence-electron chi connectivity index (χ4n) is 4.06. The van der Waals surface area contributed by atoms with Crippen LogP contribution in [-0.4, -0.2) is 39.7 Å². The number of hydrogen-bond donors (Lipinski definition) is 1. The summed E-state index contributed by atoms with van der Waals surface area (Å²) >= 11 is 0. The van der Waals surface area contributed by atoms with Crippen molar-refractivity contribution in [1.29, 1.82) is 0 Å². The minimum atomic E-state index is -0.245. The van der Waals surface area contributed by atoms with E-state index >= 15 is 0 Å². The Morgan fingerprint density at radius 1 is 1.14 bits per heavy atom. The molecule has 150 valence electrons. The molecule has 28 heavy (non-hydrogen) atoms. The summed E-state index contributed by atoms with van der Waals surface area (Å²) in [6.45, 7) is 6.61. The molecule has 1 aliphatic carbocycles. The van der Waals surface area contributed by atoms with Gasteiger partial charge in [-0.3, -0.25) is 4.79 Å². The van der Waals surface area contributed by atoms with Crippen LogP contribution in [0.4, 0.5) is 4.39 Å². The second kappa shape index (κ2) is 8.03. The first-order chi connectivity index (χ1) is 13.5. The maximum Gasteiger partial charge on any atom is 0.222 e. The summed E-state index contributed by atoms with van der Waals surface area (Å²) in [5.74, 6) is 0.814. The summed E-state index contributed by atoms with van der Waals surface area (Å²) < 4.78 is 15.1. The largest absolute Gasteiger partial charge is 0.342 e. The summed E-state index contributed by atoms with van der Waals surface area (Å²) in [5, 5.41) is 8.30. The number of carbonyl (C=O) groups is 1. The van der Waals surface area contributed by atoms with Crippen LogP contribution >= 0.6 is 0 Å². The van der Waals surface area contributed by atoms with Crippen molar-refractivity contribution < 1.29 is 9.18 Å². The predicted molar refractivity (Wildman–Crippen MR) is 107 cm³/mol. The Bertz CT molecular complexity index is 841. The molecule has 1 amide bonds. The molecule has 2 aromatic rings. The standard InChI is InChI=1S/C22H29FN4O/c1-15-21(16(2)27(25-15)20-8-5-18(23)6-9-20)13-24-19-7-10-22(28)26(12-11-19)14-17-3-4-17/h5-6,8-9,17,19,24H,3-4,7,10-14H2,1-2H3/t19-/m0/s1. The maximum absolute atomic E-state index is 13.2. The molecule has 1 saturated heterocycles. The number of hydrogen-bond acceptors (Lipinski definition) is 3. The number of aryl methyl sites for hydroxylation is 1. The summed E-state index contributed by atoms with van der Waals surface area (Å²) in [4.78, 5) is 14.4. The predicted octanol–water partition coefficient (Wildman–Crippen LogP) is 3.51. The fourth-order valence-corrected chi connectivity index (χ4v) is 4.06. The van der Waals surface area contributed by atoms with Crippen LogP contribution in [0.25, 0.3) is 5.69 Å². The highest BCUT2D eigenvalue weighted by atomic mass is 19.1. The van der Waals surface area contributed by atoms with Crippen molar-refractivity contribution in [2.24, 2.45) is 5.92 Å². The molecular weight excluding hydrogens is 355 g/mol. The third kappa shape index (κ3) is 4.27. The summed E-state index contributed by atoms with van der Waals surface area (Å²) in [7, 11) is 0. The van der Waals surface area contributed by atoms with Gasteiger partial charge in [0.05, 0.1) is 11.4 Å². The average Bonchev–Trinajstić information content (AvgIpc) is 3.47. The third-order valence-electron chi connectivity index (χ3n) is 6.06. The highest BCUT2D eigenvalue weighted by Crippen LogP contribution is 2.30. The molecule has 0 unspecified atom stereocenters. The van der Waals surface area contributed by atoms with Crippen molar-refractivity contribution in [2.75, 3.05) is 13.1 Å². The molecule has 0 bridgehead atoms. The van der Waals surface area contributed by atoms with Gasteiger partial charge in [-0.15, -0.1) is 0 Å². The van der Waals surface area contributed by atoms with Gasteiger partial charge in [0.1, 0.15) is 5.82 Å². The van der Waals surface area contributed by atoms with Crippen molar-refractivity contribution in [1.82, 2.24) is 20.0 Å². The van der Waals surface area contributed by atoms with E-state index in [-0.39, 0.29) is 5.82 Å². The van der Waals surface area contributed by atoms with Gasteiger partial charge in [0.25, 0.3) is 0 Å². The van der Waals surface area contributed by atoms with Gasteiger partial charge >= 0.3 is 0 Å². The molecule has 2 heterocycles. The lowest BCUT2D eigenvalue weighted by Crippen LogP contribution is -2.33. The Hall–Kier alpha value is -2.21. The van der Waals surface area contributed by atoms with E-state index in [0.29, 0.717) is 18.4 Å². The first kappa shape index (κ1) is 19.1. The first-order valence-corrected chi connectivity index (χ1v) is 10.3. The third-order valence-corrected chi connectivity index (χ3v) is 6.06. The van der Waals surface area contributed by atoms with Crippen LogP contribution in [0.2, 0.25) is 0 Å². The summed E-state index contributed by atoms with van der Waals surface area (Å²) in [5.41, 5.74) is 4.09. The van der Waals surface area contributed by atoms with Gasteiger partial charge in [0, 0.05) is 43.4 Å². The second-order valence-corrected chi connectivity index (χ2v) is 8.23. The summed E-state index contributed by atoms with van der Waals surface area (Å²) in [6, 6.07) is 6.76. The van der Waals surface area contributed by atoms with Gasteiger partial charge < -0.3 is 10.2 Å². The van der Waals surface area contributed by atoms with Gasteiger partial charge in [-0.2, -0.15) is 5.10 Å². The lowest BCUT2D eigenvalue weighted by Gasteiger charge is -2.21. The molecule has 1 aromatic carbocycles. The first-order valence-electron chi connectivity index (χ1n) is 10.3. The van der Waals surface area contributed by atoms with Crippen LogP contribution in [0.15, 0.2) is 24.3 Å². The number of carbonyl (C=O) groups excluding carboxylic acids is 1. The van der Waals surface area contributed by atoms with E-state index in [2.05, 4.69) is 15.3 Å². The van der Waals surface area contributed by atoms with Gasteiger partial charge in [-0.05, 0) is 69.7 Å². The van der Waals surface area contributed by atoms with Crippen molar-refractivity contribution >= 4 is 5.91 Å². The highest BCUT2D eigenvalue weighted by molar-refractivity contribution is 5.76. The summed E-state index contributed by atoms with van der Waals surface area (Å²) in [6.07, 6.45) is 5.09. The molecular formula is C22H29FN4O. The smallest absolute Gasteiger partial charge is 0.222 e. The SMILES string of the molecule is Cc1nn(-c2ccc(F)cc2)c(C)c1CN[C@H]1CCC(=O)N(CC2CC2)CC1. The Morgan fingerprint density at radius 3 is 2.61 bits per heavy atom. The van der Waals surface area contributed by atoms with Crippen molar-refractivity contribution in [3.8, 4) is 5.69 Å². The van der Waals surface area contributed by atoms with Gasteiger partial charge in [0.2, 0.25) is 5.91 Å². The molecule has 1 aliphatic heterocycles. The van der Waals surface area contributed by atoms with Crippen LogP contribution in [-0.2, 0) is 11.3 Å². The topological polar surface area (TPSA) is 50.2 Å². The Morgan fingerprint density at radius 2 is 1.89 bits per heavy atom. The highest BCUT2D eigenvalue weighted by Gasteiger charge is 2.29. The van der Waals surface area contributed by atoms with Crippen LogP contribution in [0.3, 0.4) is 0 Å². The van der Waals surface area contributed by atoms with Crippen LogP contribution in [0.1, 0.15) is 49.1 Å². The fraction of sp³-hybridized carbons (Fsp3) is 0.545. The molecule has 0 radical (unpaired) electrons. The number of likely N-dealkylation sites (tertiary alicyclic amines) is 1. The van der Waals surface area contributed by atoms with E-state index in [1.165, 1.54) is 30.5 Å². The monoisotopic (exact) mass is 384 g/mol. The molecule has 6 heteroatoms. The normalized spacial score (nSPS) is 20.5. The second-order valence-electron chi connectivity index (χ2n) is 8.23. The lowest BCUT2D eigenvalue weighted by molar-refractivity contribution is -0.130. The van der Waals surface area contributed by atoms with E-state index in [1.807, 2.05) is 18.5 Å². The minimum absolute atomic E-state index is 0.245. The Labute approximate surface area is 165 Å².